The molecule has 256 valence electrons. The first-order valence-corrected chi connectivity index (χ1v) is 19.4. The van der Waals surface area contributed by atoms with Crippen LogP contribution < -0.4 is 0 Å². The van der Waals surface area contributed by atoms with Gasteiger partial charge in [0.1, 0.15) is 6.61 Å². The fourth-order valence-electron chi connectivity index (χ4n) is 5.20. The molecule has 43 heavy (non-hydrogen) atoms. The molecule has 0 spiro atoms. The van der Waals surface area contributed by atoms with E-state index >= 15 is 0 Å². The zero-order valence-electron chi connectivity index (χ0n) is 27.9. The van der Waals surface area contributed by atoms with E-state index in [9.17, 15) is 14.2 Å². The summed E-state index contributed by atoms with van der Waals surface area (Å²) >= 11 is 0. The zero-order chi connectivity index (χ0) is 31.9. The third-order valence-electron chi connectivity index (χ3n) is 7.88. The number of phosphoric ester groups is 1. The van der Waals surface area contributed by atoms with Crippen LogP contribution in [0.15, 0.2) is 0 Å². The standard InChI is InChI=1S/C34H67O8P/c1-3-5-7-9-10-11-12-13-14-15-16-17-18-19-20-21-22-23-25-27-29-34(36)42-32(31-41-43(37,38)39)30-40-33(35)28-26-24-8-6-4-2/h32H,3-31H2,1-2H3,(H2,37,38,39). The lowest BCUT2D eigenvalue weighted by molar-refractivity contribution is -0.161. The number of unbranched alkanes of at least 4 members (excludes halogenated alkanes) is 23. The van der Waals surface area contributed by atoms with Crippen molar-refractivity contribution in [1.29, 1.82) is 0 Å². The molecule has 0 aliphatic carbocycles. The maximum atomic E-state index is 12.3. The Hall–Kier alpha value is -0.950. The molecule has 0 rings (SSSR count). The molecule has 0 aliphatic rings. The summed E-state index contributed by atoms with van der Waals surface area (Å²) in [4.78, 5) is 42.2. The second-order valence-electron chi connectivity index (χ2n) is 12.2. The fourth-order valence-corrected chi connectivity index (χ4v) is 5.56. The highest BCUT2D eigenvalue weighted by molar-refractivity contribution is 7.46. The molecule has 0 saturated carbocycles. The topological polar surface area (TPSA) is 119 Å². The van der Waals surface area contributed by atoms with Crippen LogP contribution in [-0.2, 0) is 28.2 Å². The Morgan fingerprint density at radius 2 is 0.837 bits per heavy atom. The Morgan fingerprint density at radius 3 is 1.19 bits per heavy atom. The average Bonchev–Trinajstić information content (AvgIpc) is 2.97. The largest absolute Gasteiger partial charge is 0.469 e. The molecule has 0 aromatic carbocycles. The van der Waals surface area contributed by atoms with Crippen molar-refractivity contribution < 1.29 is 37.9 Å². The second-order valence-corrected chi connectivity index (χ2v) is 13.5. The molecular weight excluding hydrogens is 567 g/mol. The van der Waals surface area contributed by atoms with Crippen LogP contribution in [0.1, 0.15) is 187 Å². The lowest BCUT2D eigenvalue weighted by Gasteiger charge is -2.18. The summed E-state index contributed by atoms with van der Waals surface area (Å²) < 4.78 is 26.1. The zero-order valence-corrected chi connectivity index (χ0v) is 28.8. The Kier molecular flexibility index (Phi) is 30.4. The van der Waals surface area contributed by atoms with E-state index in [1.54, 1.807) is 0 Å². The SMILES string of the molecule is CCCCCCCCCCCCCCCCCCCCCCC(=O)OC(COC(=O)CCCCCCC)COP(=O)(O)O. The van der Waals surface area contributed by atoms with E-state index in [1.165, 1.54) is 109 Å². The highest BCUT2D eigenvalue weighted by atomic mass is 31.2. The van der Waals surface area contributed by atoms with E-state index in [-0.39, 0.29) is 19.4 Å². The molecule has 0 radical (unpaired) electrons. The van der Waals surface area contributed by atoms with E-state index in [4.69, 9.17) is 19.3 Å². The van der Waals surface area contributed by atoms with Crippen LogP contribution in [0, 0.1) is 0 Å². The van der Waals surface area contributed by atoms with Gasteiger partial charge in [0.25, 0.3) is 0 Å². The summed E-state index contributed by atoms with van der Waals surface area (Å²) in [6.45, 7) is 3.59. The van der Waals surface area contributed by atoms with E-state index in [0.717, 1.165) is 44.9 Å². The molecular formula is C34H67O8P. The molecule has 0 fully saturated rings. The Morgan fingerprint density at radius 1 is 0.512 bits per heavy atom. The van der Waals surface area contributed by atoms with Crippen LogP contribution in [0.3, 0.4) is 0 Å². The van der Waals surface area contributed by atoms with Crippen LogP contribution >= 0.6 is 7.82 Å². The maximum Gasteiger partial charge on any atom is 0.469 e. The van der Waals surface area contributed by atoms with Gasteiger partial charge in [0.15, 0.2) is 6.10 Å². The minimum Gasteiger partial charge on any atom is -0.462 e. The fraction of sp³-hybridized carbons (Fsp3) is 0.941. The van der Waals surface area contributed by atoms with Crippen LogP contribution in [0.4, 0.5) is 0 Å². The smallest absolute Gasteiger partial charge is 0.462 e. The number of carbonyl (C=O) groups excluding carboxylic acids is 2. The van der Waals surface area contributed by atoms with Crippen LogP contribution in [0.5, 0.6) is 0 Å². The molecule has 8 nitrogen and oxygen atoms in total. The minimum atomic E-state index is -4.73. The van der Waals surface area contributed by atoms with Crippen LogP contribution in [0.2, 0.25) is 0 Å². The van der Waals surface area contributed by atoms with Gasteiger partial charge in [0, 0.05) is 12.8 Å². The normalized spacial score (nSPS) is 12.4. The third kappa shape index (κ3) is 33.8. The quantitative estimate of drug-likeness (QED) is 0.0416. The Bertz CT molecular complexity index is 681. The van der Waals surface area contributed by atoms with E-state index in [2.05, 4.69) is 18.4 Å². The third-order valence-corrected chi connectivity index (χ3v) is 8.36. The molecule has 1 atom stereocenters. The Balaban J connectivity index is 3.76. The van der Waals surface area contributed by atoms with Crippen molar-refractivity contribution in [3.05, 3.63) is 0 Å². The van der Waals surface area contributed by atoms with Gasteiger partial charge < -0.3 is 19.3 Å². The van der Waals surface area contributed by atoms with Crippen molar-refractivity contribution in [2.45, 2.75) is 193 Å². The van der Waals surface area contributed by atoms with Gasteiger partial charge in [0.05, 0.1) is 6.61 Å². The lowest BCUT2D eigenvalue weighted by Crippen LogP contribution is -2.29. The summed E-state index contributed by atoms with van der Waals surface area (Å²) in [6, 6.07) is 0. The first-order valence-electron chi connectivity index (χ1n) is 17.8. The second kappa shape index (κ2) is 31.0. The first-order chi connectivity index (χ1) is 20.8. The van der Waals surface area contributed by atoms with Gasteiger partial charge >= 0.3 is 19.8 Å². The van der Waals surface area contributed by atoms with Gasteiger partial charge in [-0.15, -0.1) is 0 Å². The van der Waals surface area contributed by atoms with Gasteiger partial charge in [-0.2, -0.15) is 0 Å². The number of rotatable bonds is 33. The van der Waals surface area contributed by atoms with Gasteiger partial charge in [-0.3, -0.25) is 14.1 Å². The van der Waals surface area contributed by atoms with E-state index < -0.39 is 32.5 Å². The molecule has 0 heterocycles. The Labute approximate surface area is 264 Å². The summed E-state index contributed by atoms with van der Waals surface area (Å²) in [5, 5.41) is 0. The molecule has 0 saturated heterocycles. The van der Waals surface area contributed by atoms with Gasteiger partial charge in [-0.25, -0.2) is 4.57 Å². The van der Waals surface area contributed by atoms with Gasteiger partial charge in [0.2, 0.25) is 0 Å². The highest BCUT2D eigenvalue weighted by Gasteiger charge is 2.22. The van der Waals surface area contributed by atoms with Crippen LogP contribution in [0.25, 0.3) is 0 Å². The van der Waals surface area contributed by atoms with Gasteiger partial charge in [-0.05, 0) is 12.8 Å². The molecule has 0 bridgehead atoms. The molecule has 1 unspecified atom stereocenters. The lowest BCUT2D eigenvalue weighted by atomic mass is 10.0. The van der Waals surface area contributed by atoms with Crippen molar-refractivity contribution in [3.63, 3.8) is 0 Å². The van der Waals surface area contributed by atoms with Crippen molar-refractivity contribution >= 4 is 19.8 Å². The molecule has 0 aromatic rings. The van der Waals surface area contributed by atoms with Crippen molar-refractivity contribution in [1.82, 2.24) is 0 Å². The van der Waals surface area contributed by atoms with E-state index in [0.29, 0.717) is 6.42 Å². The number of hydrogen-bond acceptors (Lipinski definition) is 6. The number of esters is 2. The minimum absolute atomic E-state index is 0.219. The number of carbonyl (C=O) groups is 2. The monoisotopic (exact) mass is 634 g/mol. The summed E-state index contributed by atoms with van der Waals surface area (Å²) in [6.07, 6.45) is 30.2. The van der Waals surface area contributed by atoms with Crippen molar-refractivity contribution in [2.24, 2.45) is 0 Å². The summed E-state index contributed by atoms with van der Waals surface area (Å²) in [7, 11) is -4.73. The number of ether oxygens (including phenoxy) is 2. The van der Waals surface area contributed by atoms with Crippen molar-refractivity contribution in [3.8, 4) is 0 Å². The molecule has 0 aromatic heterocycles. The summed E-state index contributed by atoms with van der Waals surface area (Å²) in [5.74, 6) is -0.889. The predicted molar refractivity (Wildman–Crippen MR) is 175 cm³/mol. The number of phosphoric acid groups is 1. The predicted octanol–water partition coefficient (Wildman–Crippen LogP) is 10.1. The molecule has 0 amide bonds. The van der Waals surface area contributed by atoms with Crippen molar-refractivity contribution in [2.75, 3.05) is 13.2 Å². The maximum absolute atomic E-state index is 12.3. The first kappa shape index (κ1) is 42.0. The summed E-state index contributed by atoms with van der Waals surface area (Å²) in [5.41, 5.74) is 0. The highest BCUT2D eigenvalue weighted by Crippen LogP contribution is 2.36. The van der Waals surface area contributed by atoms with E-state index in [1.807, 2.05) is 0 Å². The molecule has 2 N–H and O–H groups in total. The molecule has 0 aliphatic heterocycles. The van der Waals surface area contributed by atoms with Gasteiger partial charge in [-0.1, -0.05) is 162 Å². The molecule has 9 heteroatoms. The van der Waals surface area contributed by atoms with Crippen LogP contribution in [-0.4, -0.2) is 41.0 Å². The number of hydrogen-bond donors (Lipinski definition) is 2. The average molecular weight is 635 g/mol.